The Morgan fingerprint density at radius 3 is 2.71 bits per heavy atom. The molecule has 1 atom stereocenters. The molecule has 0 unspecified atom stereocenters. The number of rotatable bonds is 5. The molecule has 3 heteroatoms. The summed E-state index contributed by atoms with van der Waals surface area (Å²) in [6.45, 7) is 2.20. The summed E-state index contributed by atoms with van der Waals surface area (Å²) in [5, 5.41) is 0. The summed E-state index contributed by atoms with van der Waals surface area (Å²) < 4.78 is 0. The summed E-state index contributed by atoms with van der Waals surface area (Å²) in [6, 6.07) is 6.02. The second-order valence-corrected chi connectivity index (χ2v) is 3.36. The van der Waals surface area contributed by atoms with Crippen LogP contribution in [0.2, 0.25) is 0 Å². The highest BCUT2D eigenvalue weighted by Crippen LogP contribution is 2.14. The van der Waals surface area contributed by atoms with Crippen LogP contribution < -0.4 is 5.73 Å². The number of aromatic nitrogens is 1. The van der Waals surface area contributed by atoms with Gasteiger partial charge in [0, 0.05) is 12.2 Å². The van der Waals surface area contributed by atoms with Gasteiger partial charge in [0.05, 0.1) is 5.69 Å². The van der Waals surface area contributed by atoms with Crippen molar-refractivity contribution in [3.63, 3.8) is 0 Å². The average Bonchev–Trinajstić information content (AvgIpc) is 2.19. The van der Waals surface area contributed by atoms with Crippen LogP contribution >= 0.6 is 12.4 Å². The van der Waals surface area contributed by atoms with Crippen molar-refractivity contribution in [2.24, 2.45) is 5.73 Å². The minimum atomic E-state index is 0. The van der Waals surface area contributed by atoms with Gasteiger partial charge in [-0.25, -0.2) is 0 Å². The molecule has 0 radical (unpaired) electrons. The second kappa shape index (κ2) is 7.77. The third kappa shape index (κ3) is 4.58. The van der Waals surface area contributed by atoms with E-state index in [1.54, 1.807) is 6.20 Å². The molecule has 0 bridgehead atoms. The van der Waals surface area contributed by atoms with Crippen LogP contribution in [0.5, 0.6) is 0 Å². The lowest BCUT2D eigenvalue weighted by molar-refractivity contribution is 0.571. The Labute approximate surface area is 92.3 Å². The van der Waals surface area contributed by atoms with Gasteiger partial charge in [-0.3, -0.25) is 4.98 Å². The van der Waals surface area contributed by atoms with E-state index in [4.69, 9.17) is 5.73 Å². The molecule has 0 fully saturated rings. The lowest BCUT2D eigenvalue weighted by Crippen LogP contribution is -2.11. The molecule has 0 saturated carbocycles. The quantitative estimate of drug-likeness (QED) is 0.766. The summed E-state index contributed by atoms with van der Waals surface area (Å²) in [4.78, 5) is 4.23. The van der Waals surface area contributed by atoms with E-state index in [0.29, 0.717) is 0 Å². The topological polar surface area (TPSA) is 38.9 Å². The Morgan fingerprint density at radius 1 is 1.36 bits per heavy atom. The van der Waals surface area contributed by atoms with Crippen LogP contribution in [-0.2, 0) is 0 Å². The normalized spacial score (nSPS) is 11.9. The van der Waals surface area contributed by atoms with E-state index in [2.05, 4.69) is 11.9 Å². The molecule has 1 heterocycles. The van der Waals surface area contributed by atoms with Crippen molar-refractivity contribution in [2.75, 3.05) is 0 Å². The molecule has 2 N–H and O–H groups in total. The Morgan fingerprint density at radius 2 is 2.14 bits per heavy atom. The van der Waals surface area contributed by atoms with Crippen LogP contribution in [0.3, 0.4) is 0 Å². The monoisotopic (exact) mass is 214 g/mol. The lowest BCUT2D eigenvalue weighted by atomic mass is 10.1. The highest BCUT2D eigenvalue weighted by Gasteiger charge is 2.04. The first-order valence-electron chi connectivity index (χ1n) is 5.01. The van der Waals surface area contributed by atoms with Gasteiger partial charge >= 0.3 is 0 Å². The molecule has 1 aromatic heterocycles. The van der Waals surface area contributed by atoms with E-state index in [9.17, 15) is 0 Å². The SMILES string of the molecule is CCCCC[C@H](N)c1ccccn1.Cl. The highest BCUT2D eigenvalue weighted by molar-refractivity contribution is 5.85. The molecule has 0 saturated heterocycles. The Balaban J connectivity index is 0.00000169. The summed E-state index contributed by atoms with van der Waals surface area (Å²) in [5.41, 5.74) is 6.99. The number of nitrogens with zero attached hydrogens (tertiary/aromatic N) is 1. The largest absolute Gasteiger partial charge is 0.323 e. The van der Waals surface area contributed by atoms with E-state index in [1.165, 1.54) is 19.3 Å². The zero-order valence-electron chi connectivity index (χ0n) is 8.65. The fourth-order valence-corrected chi connectivity index (χ4v) is 1.36. The van der Waals surface area contributed by atoms with Crippen LogP contribution in [0, 0.1) is 0 Å². The highest BCUT2D eigenvalue weighted by atomic mass is 35.5. The van der Waals surface area contributed by atoms with E-state index in [0.717, 1.165) is 12.1 Å². The molecule has 2 nitrogen and oxygen atoms in total. The van der Waals surface area contributed by atoms with E-state index in [-0.39, 0.29) is 18.4 Å². The van der Waals surface area contributed by atoms with Gasteiger partial charge in [-0.05, 0) is 18.6 Å². The zero-order chi connectivity index (χ0) is 9.52. The van der Waals surface area contributed by atoms with Crippen LogP contribution in [0.15, 0.2) is 24.4 Å². The first-order chi connectivity index (χ1) is 6.34. The summed E-state index contributed by atoms with van der Waals surface area (Å²) in [6.07, 6.45) is 6.56. The number of nitrogens with two attached hydrogens (primary N) is 1. The standard InChI is InChI=1S/C11H18N2.ClH/c1-2-3-4-7-10(12)11-8-5-6-9-13-11;/h5-6,8-10H,2-4,7,12H2,1H3;1H/t10-;/m0./s1. The maximum atomic E-state index is 5.97. The fraction of sp³-hybridized carbons (Fsp3) is 0.545. The van der Waals surface area contributed by atoms with Gasteiger partial charge < -0.3 is 5.73 Å². The molecular formula is C11H19ClN2. The molecule has 80 valence electrons. The lowest BCUT2D eigenvalue weighted by Gasteiger charge is -2.09. The number of pyridine rings is 1. The number of halogens is 1. The first-order valence-corrected chi connectivity index (χ1v) is 5.01. The molecule has 0 aliphatic carbocycles. The van der Waals surface area contributed by atoms with Gasteiger partial charge in [0.25, 0.3) is 0 Å². The minimum Gasteiger partial charge on any atom is -0.323 e. The molecule has 14 heavy (non-hydrogen) atoms. The van der Waals surface area contributed by atoms with Gasteiger partial charge in [0.15, 0.2) is 0 Å². The summed E-state index contributed by atoms with van der Waals surface area (Å²) in [7, 11) is 0. The Hall–Kier alpha value is -0.600. The first kappa shape index (κ1) is 13.4. The molecule has 1 rings (SSSR count). The number of unbranched alkanes of at least 4 members (excludes halogenated alkanes) is 2. The molecular weight excluding hydrogens is 196 g/mol. The average molecular weight is 215 g/mol. The molecule has 1 aromatic rings. The zero-order valence-corrected chi connectivity index (χ0v) is 9.46. The van der Waals surface area contributed by atoms with Crippen LogP contribution in [0.25, 0.3) is 0 Å². The molecule has 0 aliphatic heterocycles. The number of hydrogen-bond donors (Lipinski definition) is 1. The second-order valence-electron chi connectivity index (χ2n) is 3.36. The van der Waals surface area contributed by atoms with Crippen LogP contribution in [0.4, 0.5) is 0 Å². The summed E-state index contributed by atoms with van der Waals surface area (Å²) >= 11 is 0. The van der Waals surface area contributed by atoms with Gasteiger partial charge in [0.2, 0.25) is 0 Å². The van der Waals surface area contributed by atoms with Gasteiger partial charge in [-0.1, -0.05) is 32.3 Å². The smallest absolute Gasteiger partial charge is 0.0570 e. The van der Waals surface area contributed by atoms with Crippen molar-refractivity contribution >= 4 is 12.4 Å². The van der Waals surface area contributed by atoms with Crippen molar-refractivity contribution in [3.8, 4) is 0 Å². The van der Waals surface area contributed by atoms with Crippen LogP contribution in [-0.4, -0.2) is 4.98 Å². The third-order valence-electron chi connectivity index (χ3n) is 2.19. The maximum Gasteiger partial charge on any atom is 0.0570 e. The van der Waals surface area contributed by atoms with Crippen molar-refractivity contribution in [3.05, 3.63) is 30.1 Å². The van der Waals surface area contributed by atoms with Crippen LogP contribution in [0.1, 0.15) is 44.3 Å². The maximum absolute atomic E-state index is 5.97. The van der Waals surface area contributed by atoms with Gasteiger partial charge in [-0.15, -0.1) is 12.4 Å². The minimum absolute atomic E-state index is 0. The summed E-state index contributed by atoms with van der Waals surface area (Å²) in [5.74, 6) is 0. The molecule has 0 aromatic carbocycles. The Kier molecular flexibility index (Phi) is 7.44. The van der Waals surface area contributed by atoms with Crippen molar-refractivity contribution in [1.29, 1.82) is 0 Å². The fourth-order valence-electron chi connectivity index (χ4n) is 1.36. The van der Waals surface area contributed by atoms with E-state index >= 15 is 0 Å². The van der Waals surface area contributed by atoms with Crippen molar-refractivity contribution in [1.82, 2.24) is 4.98 Å². The third-order valence-corrected chi connectivity index (χ3v) is 2.19. The predicted molar refractivity (Wildman–Crippen MR) is 62.6 cm³/mol. The molecule has 0 aliphatic rings. The molecule has 0 spiro atoms. The van der Waals surface area contributed by atoms with E-state index < -0.39 is 0 Å². The van der Waals surface area contributed by atoms with Gasteiger partial charge in [-0.2, -0.15) is 0 Å². The van der Waals surface area contributed by atoms with Gasteiger partial charge in [0.1, 0.15) is 0 Å². The predicted octanol–water partition coefficient (Wildman–Crippen LogP) is 3.08. The number of hydrogen-bond acceptors (Lipinski definition) is 2. The Bertz CT molecular complexity index is 226. The van der Waals surface area contributed by atoms with E-state index in [1.807, 2.05) is 18.2 Å². The molecule has 0 amide bonds. The van der Waals surface area contributed by atoms with Crippen molar-refractivity contribution in [2.45, 2.75) is 38.6 Å². The van der Waals surface area contributed by atoms with Crippen molar-refractivity contribution < 1.29 is 0 Å².